The molecule has 1 fully saturated rings. The number of aliphatic hydroxyl groups excluding tert-OH is 1. The van der Waals surface area contributed by atoms with Crippen molar-refractivity contribution in [3.8, 4) is 0 Å². The Morgan fingerprint density at radius 1 is 1.57 bits per heavy atom. The summed E-state index contributed by atoms with van der Waals surface area (Å²) in [5, 5.41) is 23.5. The molecule has 1 aromatic heterocycles. The van der Waals surface area contributed by atoms with E-state index >= 15 is 0 Å². The minimum Gasteiger partial charge on any atom is -0.394 e. The van der Waals surface area contributed by atoms with Crippen molar-refractivity contribution in [2.45, 2.75) is 26.1 Å². The van der Waals surface area contributed by atoms with Gasteiger partial charge in [-0.2, -0.15) is 0 Å². The number of nitrogens with one attached hydrogen (secondary N) is 1. The Morgan fingerprint density at radius 3 is 2.95 bits per heavy atom. The number of morpholine rings is 1. The highest BCUT2D eigenvalue weighted by atomic mass is 16.6. The fraction of sp³-hybridized carbons (Fsp3) is 0.667. The summed E-state index contributed by atoms with van der Waals surface area (Å²) in [6, 6.07) is 0. The molecule has 2 rings (SSSR count). The van der Waals surface area contributed by atoms with Crippen LogP contribution >= 0.6 is 0 Å². The molecule has 0 aliphatic carbocycles. The molecule has 0 aromatic carbocycles. The minimum absolute atomic E-state index is 0.139. The lowest BCUT2D eigenvalue weighted by Gasteiger charge is -2.36. The summed E-state index contributed by atoms with van der Waals surface area (Å²) in [6.45, 7) is 4.90. The van der Waals surface area contributed by atoms with Crippen LogP contribution in [0.3, 0.4) is 0 Å². The van der Waals surface area contributed by atoms with Crippen LogP contribution in [0.25, 0.3) is 0 Å². The van der Waals surface area contributed by atoms with E-state index in [1.165, 1.54) is 6.33 Å². The van der Waals surface area contributed by atoms with E-state index in [0.29, 0.717) is 19.6 Å². The van der Waals surface area contributed by atoms with E-state index in [9.17, 15) is 15.2 Å². The number of aliphatic hydroxyl groups is 1. The van der Waals surface area contributed by atoms with Gasteiger partial charge in [-0.3, -0.25) is 10.1 Å². The second kappa shape index (κ2) is 6.64. The molecule has 0 spiro atoms. The van der Waals surface area contributed by atoms with E-state index in [-0.39, 0.29) is 36.1 Å². The molecule has 116 valence electrons. The zero-order chi connectivity index (χ0) is 15.4. The molecule has 1 aliphatic heterocycles. The summed E-state index contributed by atoms with van der Waals surface area (Å²) < 4.78 is 5.54. The first-order chi connectivity index (χ1) is 10.1. The van der Waals surface area contributed by atoms with Crippen LogP contribution < -0.4 is 10.2 Å². The Kier molecular flexibility index (Phi) is 4.86. The predicted octanol–water partition coefficient (Wildman–Crippen LogP) is 0.403. The van der Waals surface area contributed by atoms with Gasteiger partial charge >= 0.3 is 5.69 Å². The van der Waals surface area contributed by atoms with Crippen molar-refractivity contribution in [2.24, 2.45) is 0 Å². The largest absolute Gasteiger partial charge is 0.394 e. The lowest BCUT2D eigenvalue weighted by Crippen LogP contribution is -2.48. The molecule has 0 saturated carbocycles. The van der Waals surface area contributed by atoms with Gasteiger partial charge in [0.25, 0.3) is 0 Å². The monoisotopic (exact) mass is 297 g/mol. The lowest BCUT2D eigenvalue weighted by molar-refractivity contribution is -0.383. The fourth-order valence-corrected chi connectivity index (χ4v) is 2.38. The van der Waals surface area contributed by atoms with Crippen molar-refractivity contribution in [1.29, 1.82) is 0 Å². The second-order valence-electron chi connectivity index (χ2n) is 4.84. The topological polar surface area (TPSA) is 114 Å². The zero-order valence-electron chi connectivity index (χ0n) is 12.0. The van der Waals surface area contributed by atoms with Crippen LogP contribution in [-0.2, 0) is 4.74 Å². The first-order valence-corrected chi connectivity index (χ1v) is 6.81. The molecule has 0 radical (unpaired) electrons. The molecule has 0 bridgehead atoms. The molecule has 1 aliphatic rings. The van der Waals surface area contributed by atoms with Crippen molar-refractivity contribution < 1.29 is 14.8 Å². The van der Waals surface area contributed by atoms with Crippen LogP contribution in [-0.4, -0.2) is 58.4 Å². The van der Waals surface area contributed by atoms with Crippen LogP contribution in [0.4, 0.5) is 17.3 Å². The molecule has 1 saturated heterocycles. The van der Waals surface area contributed by atoms with Gasteiger partial charge in [0.15, 0.2) is 0 Å². The maximum atomic E-state index is 11.4. The molecule has 21 heavy (non-hydrogen) atoms. The first-order valence-electron chi connectivity index (χ1n) is 6.81. The van der Waals surface area contributed by atoms with Gasteiger partial charge in [-0.1, -0.05) is 0 Å². The molecule has 2 unspecified atom stereocenters. The number of hydrogen-bond acceptors (Lipinski definition) is 8. The second-order valence-corrected chi connectivity index (χ2v) is 4.84. The Morgan fingerprint density at radius 2 is 2.33 bits per heavy atom. The van der Waals surface area contributed by atoms with Crippen molar-refractivity contribution in [3.05, 3.63) is 16.4 Å². The third-order valence-electron chi connectivity index (χ3n) is 3.16. The quantitative estimate of drug-likeness (QED) is 0.593. The van der Waals surface area contributed by atoms with E-state index in [1.54, 1.807) is 4.90 Å². The standard InChI is InChI=1S/C12H19N5O4/c1-3-13-11-10(17(19)20)12(15-7-14-11)16-4-8(2)21-9(5-16)6-18/h7-9,18H,3-6H2,1-2H3,(H,13,14,15). The van der Waals surface area contributed by atoms with Gasteiger partial charge in [0.05, 0.1) is 23.7 Å². The van der Waals surface area contributed by atoms with E-state index in [1.807, 2.05) is 13.8 Å². The van der Waals surface area contributed by atoms with Gasteiger partial charge in [-0.25, -0.2) is 9.97 Å². The van der Waals surface area contributed by atoms with Crippen LogP contribution in [0, 0.1) is 10.1 Å². The predicted molar refractivity (Wildman–Crippen MR) is 76.5 cm³/mol. The normalized spacial score (nSPS) is 22.1. The van der Waals surface area contributed by atoms with Crippen LogP contribution in [0.1, 0.15) is 13.8 Å². The Balaban J connectivity index is 2.38. The third kappa shape index (κ3) is 3.37. The molecule has 2 N–H and O–H groups in total. The summed E-state index contributed by atoms with van der Waals surface area (Å²) in [6.07, 6.45) is 0.771. The van der Waals surface area contributed by atoms with Crippen molar-refractivity contribution in [2.75, 3.05) is 36.5 Å². The molecule has 1 aromatic rings. The average Bonchev–Trinajstić information content (AvgIpc) is 2.46. The molecular formula is C12H19N5O4. The maximum absolute atomic E-state index is 11.4. The van der Waals surface area contributed by atoms with Crippen molar-refractivity contribution in [3.63, 3.8) is 0 Å². The molecule has 9 nitrogen and oxygen atoms in total. The molecule has 0 amide bonds. The number of rotatable bonds is 5. The van der Waals surface area contributed by atoms with Crippen molar-refractivity contribution in [1.82, 2.24) is 9.97 Å². The maximum Gasteiger partial charge on any atom is 0.353 e. The first kappa shape index (κ1) is 15.4. The summed E-state index contributed by atoms with van der Waals surface area (Å²) in [4.78, 5) is 20.6. The summed E-state index contributed by atoms with van der Waals surface area (Å²) >= 11 is 0. The van der Waals surface area contributed by atoms with Crippen LogP contribution in [0.15, 0.2) is 6.33 Å². The number of ether oxygens (including phenoxy) is 1. The van der Waals surface area contributed by atoms with Gasteiger partial charge < -0.3 is 20.1 Å². The summed E-state index contributed by atoms with van der Waals surface area (Å²) in [5.41, 5.74) is -0.148. The lowest BCUT2D eigenvalue weighted by atomic mass is 10.2. The Bertz CT molecular complexity index is 512. The highest BCUT2D eigenvalue weighted by Gasteiger charge is 2.32. The number of nitro groups is 1. The molecule has 2 atom stereocenters. The van der Waals surface area contributed by atoms with E-state index < -0.39 is 4.92 Å². The highest BCUT2D eigenvalue weighted by Crippen LogP contribution is 2.33. The zero-order valence-corrected chi connectivity index (χ0v) is 12.0. The summed E-state index contributed by atoms with van der Waals surface area (Å²) in [5.74, 6) is 0.451. The molecule has 9 heteroatoms. The van der Waals surface area contributed by atoms with Gasteiger partial charge in [0.1, 0.15) is 6.33 Å². The minimum atomic E-state index is -0.485. The van der Waals surface area contributed by atoms with Gasteiger partial charge in [0.2, 0.25) is 11.6 Å². The Hall–Kier alpha value is -2.00. The smallest absolute Gasteiger partial charge is 0.353 e. The van der Waals surface area contributed by atoms with Crippen LogP contribution in [0.2, 0.25) is 0 Å². The third-order valence-corrected chi connectivity index (χ3v) is 3.16. The Labute approximate surface area is 122 Å². The fourth-order valence-electron chi connectivity index (χ4n) is 2.38. The van der Waals surface area contributed by atoms with E-state index in [0.717, 1.165) is 0 Å². The SMILES string of the molecule is CCNc1ncnc(N2CC(C)OC(CO)C2)c1[N+](=O)[O-]. The average molecular weight is 297 g/mol. The molecule has 2 heterocycles. The number of anilines is 2. The number of aromatic nitrogens is 2. The number of nitrogens with zero attached hydrogens (tertiary/aromatic N) is 4. The van der Waals surface area contributed by atoms with Gasteiger partial charge in [0, 0.05) is 19.6 Å². The molecular weight excluding hydrogens is 278 g/mol. The van der Waals surface area contributed by atoms with Gasteiger partial charge in [-0.15, -0.1) is 0 Å². The van der Waals surface area contributed by atoms with Crippen LogP contribution in [0.5, 0.6) is 0 Å². The van der Waals surface area contributed by atoms with E-state index in [2.05, 4.69) is 15.3 Å². The van der Waals surface area contributed by atoms with Gasteiger partial charge in [-0.05, 0) is 13.8 Å². The van der Waals surface area contributed by atoms with Crippen molar-refractivity contribution >= 4 is 17.3 Å². The summed E-state index contributed by atoms with van der Waals surface area (Å²) in [7, 11) is 0. The highest BCUT2D eigenvalue weighted by molar-refractivity contribution is 5.70. The van der Waals surface area contributed by atoms with E-state index in [4.69, 9.17) is 4.74 Å². The number of hydrogen-bond donors (Lipinski definition) is 2.